The molecule has 2 heterocycles. The van der Waals surface area contributed by atoms with Gasteiger partial charge in [0.1, 0.15) is 0 Å². The topological polar surface area (TPSA) is 20.3 Å². The van der Waals surface area contributed by atoms with E-state index in [1.165, 1.54) is 11.1 Å². The Labute approximate surface area is 119 Å². The molecule has 0 radical (unpaired) electrons. The van der Waals surface area contributed by atoms with Crippen molar-refractivity contribution in [1.29, 1.82) is 0 Å². The molecule has 2 heteroatoms. The van der Waals surface area contributed by atoms with E-state index in [1.54, 1.807) is 0 Å². The van der Waals surface area contributed by atoms with Gasteiger partial charge in [0.2, 0.25) is 0 Å². The van der Waals surface area contributed by atoms with Crippen LogP contribution in [0.3, 0.4) is 0 Å². The van der Waals surface area contributed by atoms with Crippen LogP contribution in [0.5, 0.6) is 0 Å². The SMILES string of the molecule is Cc1ccc2c(c1)C(=O)N1c3ccccc3C[C@H]1CC2. The summed E-state index contributed by atoms with van der Waals surface area (Å²) in [5.74, 6) is 0.177. The standard InChI is InChI=1S/C18H17NO/c1-12-6-7-13-8-9-15-11-14-4-2-3-5-17(14)19(15)18(20)16(13)10-12/h2-7,10,15H,8-9,11H2,1H3/t15-/m1/s1. The van der Waals surface area contributed by atoms with Gasteiger partial charge >= 0.3 is 0 Å². The third-order valence-electron chi connectivity index (χ3n) is 4.53. The van der Waals surface area contributed by atoms with Gasteiger partial charge in [-0.15, -0.1) is 0 Å². The number of hydrogen-bond acceptors (Lipinski definition) is 1. The normalized spacial score (nSPS) is 20.1. The zero-order valence-electron chi connectivity index (χ0n) is 11.6. The fraction of sp³-hybridized carbons (Fsp3) is 0.278. The number of carbonyl (C=O) groups is 1. The van der Waals surface area contributed by atoms with E-state index in [0.717, 1.165) is 36.1 Å². The Morgan fingerprint density at radius 3 is 2.85 bits per heavy atom. The lowest BCUT2D eigenvalue weighted by Crippen LogP contribution is -2.36. The highest BCUT2D eigenvalue weighted by atomic mass is 16.2. The molecule has 2 aromatic carbocycles. The second-order valence-corrected chi connectivity index (χ2v) is 5.86. The first-order valence-electron chi connectivity index (χ1n) is 7.25. The van der Waals surface area contributed by atoms with Gasteiger partial charge in [-0.3, -0.25) is 4.79 Å². The molecule has 0 N–H and O–H groups in total. The van der Waals surface area contributed by atoms with Crippen molar-refractivity contribution in [3.8, 4) is 0 Å². The first-order chi connectivity index (χ1) is 9.74. The Hall–Kier alpha value is -2.09. The highest BCUT2D eigenvalue weighted by Crippen LogP contribution is 2.37. The van der Waals surface area contributed by atoms with Gasteiger partial charge in [0.05, 0.1) is 0 Å². The summed E-state index contributed by atoms with van der Waals surface area (Å²) in [5, 5.41) is 0. The molecule has 0 aliphatic carbocycles. The van der Waals surface area contributed by atoms with Crippen molar-refractivity contribution in [2.45, 2.75) is 32.2 Å². The van der Waals surface area contributed by atoms with Crippen molar-refractivity contribution in [1.82, 2.24) is 0 Å². The highest BCUT2D eigenvalue weighted by molar-refractivity contribution is 6.09. The minimum Gasteiger partial charge on any atom is -0.305 e. The van der Waals surface area contributed by atoms with E-state index in [4.69, 9.17) is 0 Å². The number of hydrogen-bond donors (Lipinski definition) is 0. The van der Waals surface area contributed by atoms with Crippen LogP contribution in [-0.2, 0) is 12.8 Å². The predicted molar refractivity (Wildman–Crippen MR) is 80.2 cm³/mol. The molecule has 1 atom stereocenters. The van der Waals surface area contributed by atoms with E-state index in [1.807, 2.05) is 24.0 Å². The van der Waals surface area contributed by atoms with Crippen molar-refractivity contribution in [2.75, 3.05) is 4.90 Å². The second-order valence-electron chi connectivity index (χ2n) is 5.86. The molecule has 100 valence electrons. The minimum absolute atomic E-state index is 0.177. The molecule has 1 amide bonds. The average Bonchev–Trinajstić information content (AvgIpc) is 2.77. The first kappa shape index (κ1) is 11.7. The molecule has 0 aromatic heterocycles. The number of carbonyl (C=O) groups excluding carboxylic acids is 1. The Bertz CT molecular complexity index is 704. The van der Waals surface area contributed by atoms with Gasteiger partial charge < -0.3 is 4.90 Å². The van der Waals surface area contributed by atoms with Crippen LogP contribution in [-0.4, -0.2) is 11.9 Å². The van der Waals surface area contributed by atoms with E-state index in [9.17, 15) is 4.79 Å². The molecule has 0 saturated carbocycles. The summed E-state index contributed by atoms with van der Waals surface area (Å²) in [6.07, 6.45) is 3.04. The Kier molecular flexibility index (Phi) is 2.46. The van der Waals surface area contributed by atoms with E-state index in [-0.39, 0.29) is 5.91 Å². The molecule has 2 aliphatic rings. The molecule has 0 saturated heterocycles. The molecular formula is C18H17NO. The zero-order chi connectivity index (χ0) is 13.7. The number of anilines is 1. The number of rotatable bonds is 0. The van der Waals surface area contributed by atoms with Crippen LogP contribution in [0.2, 0.25) is 0 Å². The number of nitrogens with zero attached hydrogens (tertiary/aromatic N) is 1. The summed E-state index contributed by atoms with van der Waals surface area (Å²) in [6.45, 7) is 2.05. The summed E-state index contributed by atoms with van der Waals surface area (Å²) in [7, 11) is 0. The van der Waals surface area contributed by atoms with Crippen LogP contribution in [0.1, 0.15) is 33.5 Å². The summed E-state index contributed by atoms with van der Waals surface area (Å²) in [4.78, 5) is 15.0. The lowest BCUT2D eigenvalue weighted by molar-refractivity contribution is 0.0981. The number of fused-ring (bicyclic) bond motifs is 4. The minimum atomic E-state index is 0.177. The quantitative estimate of drug-likeness (QED) is 0.712. The average molecular weight is 263 g/mol. The fourth-order valence-electron chi connectivity index (χ4n) is 3.53. The maximum atomic E-state index is 13.0. The summed E-state index contributed by atoms with van der Waals surface area (Å²) in [5.41, 5.74) is 5.67. The van der Waals surface area contributed by atoms with Gasteiger partial charge in [0.25, 0.3) is 5.91 Å². The van der Waals surface area contributed by atoms with Crippen molar-refractivity contribution >= 4 is 11.6 Å². The molecule has 0 unspecified atom stereocenters. The third-order valence-corrected chi connectivity index (χ3v) is 4.53. The van der Waals surface area contributed by atoms with Gasteiger partial charge in [-0.05, 0) is 49.4 Å². The van der Waals surface area contributed by atoms with Gasteiger partial charge in [-0.25, -0.2) is 0 Å². The molecule has 0 fully saturated rings. The van der Waals surface area contributed by atoms with E-state index in [0.29, 0.717) is 6.04 Å². The van der Waals surface area contributed by atoms with E-state index in [2.05, 4.69) is 30.3 Å². The number of amides is 1. The molecule has 2 aromatic rings. The predicted octanol–water partition coefficient (Wildman–Crippen LogP) is 3.51. The van der Waals surface area contributed by atoms with E-state index < -0.39 is 0 Å². The molecule has 2 nitrogen and oxygen atoms in total. The Morgan fingerprint density at radius 2 is 1.95 bits per heavy atom. The number of para-hydroxylation sites is 1. The van der Waals surface area contributed by atoms with Crippen LogP contribution < -0.4 is 4.90 Å². The van der Waals surface area contributed by atoms with Crippen LogP contribution in [0.4, 0.5) is 5.69 Å². The van der Waals surface area contributed by atoms with Gasteiger partial charge in [0, 0.05) is 17.3 Å². The second kappa shape index (κ2) is 4.20. The van der Waals surface area contributed by atoms with Crippen molar-refractivity contribution < 1.29 is 4.79 Å². The lowest BCUT2D eigenvalue weighted by atomic mass is 9.99. The first-order valence-corrected chi connectivity index (χ1v) is 7.25. The van der Waals surface area contributed by atoms with Crippen LogP contribution in [0, 0.1) is 6.92 Å². The monoisotopic (exact) mass is 263 g/mol. The van der Waals surface area contributed by atoms with Crippen LogP contribution >= 0.6 is 0 Å². The maximum absolute atomic E-state index is 13.0. The van der Waals surface area contributed by atoms with Crippen molar-refractivity contribution in [3.63, 3.8) is 0 Å². The smallest absolute Gasteiger partial charge is 0.258 e. The fourth-order valence-corrected chi connectivity index (χ4v) is 3.53. The number of benzene rings is 2. The molecule has 0 spiro atoms. The highest BCUT2D eigenvalue weighted by Gasteiger charge is 2.36. The maximum Gasteiger partial charge on any atom is 0.258 e. The van der Waals surface area contributed by atoms with Gasteiger partial charge in [-0.2, -0.15) is 0 Å². The van der Waals surface area contributed by atoms with Gasteiger partial charge in [-0.1, -0.05) is 35.9 Å². The van der Waals surface area contributed by atoms with Crippen LogP contribution in [0.15, 0.2) is 42.5 Å². The summed E-state index contributed by atoms with van der Waals surface area (Å²) < 4.78 is 0. The molecule has 2 aliphatic heterocycles. The van der Waals surface area contributed by atoms with Gasteiger partial charge in [0.15, 0.2) is 0 Å². The van der Waals surface area contributed by atoms with Crippen molar-refractivity contribution in [2.24, 2.45) is 0 Å². The number of aryl methyl sites for hydroxylation is 2. The molecular weight excluding hydrogens is 246 g/mol. The molecule has 20 heavy (non-hydrogen) atoms. The Morgan fingerprint density at radius 1 is 1.10 bits per heavy atom. The van der Waals surface area contributed by atoms with E-state index >= 15 is 0 Å². The summed E-state index contributed by atoms with van der Waals surface area (Å²) in [6, 6.07) is 14.9. The molecule has 0 bridgehead atoms. The molecule has 4 rings (SSSR count). The van der Waals surface area contributed by atoms with Crippen LogP contribution in [0.25, 0.3) is 0 Å². The van der Waals surface area contributed by atoms with Crippen molar-refractivity contribution in [3.05, 3.63) is 64.7 Å². The largest absolute Gasteiger partial charge is 0.305 e. The zero-order valence-corrected chi connectivity index (χ0v) is 11.6. The summed E-state index contributed by atoms with van der Waals surface area (Å²) >= 11 is 0. The lowest BCUT2D eigenvalue weighted by Gasteiger charge is -2.23. The Balaban J connectivity index is 1.86. The third kappa shape index (κ3) is 1.61.